The lowest BCUT2D eigenvalue weighted by atomic mass is 10.2. The summed E-state index contributed by atoms with van der Waals surface area (Å²) < 4.78 is 10.1. The summed E-state index contributed by atoms with van der Waals surface area (Å²) in [6.45, 7) is 1.75. The number of imidazole rings is 1. The first-order chi connectivity index (χ1) is 15.1. The molecule has 0 spiro atoms. The molecule has 0 saturated carbocycles. The largest absolute Gasteiger partial charge is 0.371 e. The molecule has 13 nitrogen and oxygen atoms in total. The van der Waals surface area contributed by atoms with Gasteiger partial charge in [0.15, 0.2) is 23.2 Å². The normalized spacial score (nSPS) is 11.7. The number of nitrogens with zero attached hydrogens (tertiary/aromatic N) is 5. The summed E-state index contributed by atoms with van der Waals surface area (Å²) in [5, 5.41) is 23.7. The molecule has 158 valence electrons. The van der Waals surface area contributed by atoms with E-state index >= 15 is 0 Å². The third-order valence-corrected chi connectivity index (χ3v) is 4.25. The van der Waals surface area contributed by atoms with Crippen molar-refractivity contribution in [3.05, 3.63) is 47.9 Å². The highest BCUT2D eigenvalue weighted by atomic mass is 16.5. The lowest BCUT2D eigenvalue weighted by molar-refractivity contribution is 0.0928. The molecular weight excluding hydrogens is 404 g/mol. The van der Waals surface area contributed by atoms with Crippen LogP contribution in [-0.2, 0) is 0 Å². The van der Waals surface area contributed by atoms with E-state index in [9.17, 15) is 4.79 Å². The van der Waals surface area contributed by atoms with Crippen molar-refractivity contribution < 1.29 is 13.8 Å². The van der Waals surface area contributed by atoms with Crippen molar-refractivity contribution in [1.29, 1.82) is 5.41 Å². The van der Waals surface area contributed by atoms with Crippen molar-refractivity contribution >= 4 is 29.6 Å². The zero-order valence-electron chi connectivity index (χ0n) is 16.5. The maximum Gasteiger partial charge on any atom is 0.270 e. The molecule has 4 aromatic heterocycles. The van der Waals surface area contributed by atoms with Crippen LogP contribution in [0.5, 0.6) is 0 Å². The number of aromatic nitrogens is 6. The minimum absolute atomic E-state index is 0.160. The van der Waals surface area contributed by atoms with E-state index in [2.05, 4.69) is 46.2 Å². The van der Waals surface area contributed by atoms with Crippen LogP contribution in [0.3, 0.4) is 0 Å². The monoisotopic (exact) mass is 422 g/mol. The van der Waals surface area contributed by atoms with Gasteiger partial charge in [0.1, 0.15) is 35.5 Å². The van der Waals surface area contributed by atoms with Crippen LogP contribution in [0.25, 0.3) is 11.5 Å². The molecule has 5 N–H and O–H groups in total. The van der Waals surface area contributed by atoms with E-state index in [1.807, 2.05) is 0 Å². The quantitative estimate of drug-likeness (QED) is 0.263. The van der Waals surface area contributed by atoms with Crippen LogP contribution in [0.1, 0.15) is 34.9 Å². The van der Waals surface area contributed by atoms with Gasteiger partial charge in [-0.25, -0.2) is 15.0 Å². The van der Waals surface area contributed by atoms with Crippen LogP contribution in [0.4, 0.5) is 17.5 Å². The first-order valence-electron chi connectivity index (χ1n) is 9.13. The lowest BCUT2D eigenvalue weighted by Gasteiger charge is -2.10. The maximum atomic E-state index is 12.6. The number of rotatable bonds is 8. The van der Waals surface area contributed by atoms with E-state index in [1.165, 1.54) is 18.7 Å². The maximum absolute atomic E-state index is 12.6. The van der Waals surface area contributed by atoms with Gasteiger partial charge in [0.2, 0.25) is 0 Å². The summed E-state index contributed by atoms with van der Waals surface area (Å²) in [5.41, 5.74) is 1.12. The zero-order valence-corrected chi connectivity index (χ0v) is 16.5. The Balaban J connectivity index is 1.45. The van der Waals surface area contributed by atoms with E-state index in [0.717, 1.165) is 6.21 Å². The molecule has 4 rings (SSSR count). The Morgan fingerprint density at radius 3 is 2.84 bits per heavy atom. The predicted octanol–water partition coefficient (Wildman–Crippen LogP) is 2.12. The highest BCUT2D eigenvalue weighted by Gasteiger charge is 2.19. The SMILES string of the molecule is CNc1nc(-c2cc([C@@H](C)NC(=O)c3cc(Nc4ccon4)ncn3)on2)[nH]c1C=N. The van der Waals surface area contributed by atoms with E-state index in [-0.39, 0.29) is 5.69 Å². The van der Waals surface area contributed by atoms with Gasteiger partial charge in [-0.15, -0.1) is 0 Å². The Hall–Kier alpha value is -4.55. The fraction of sp³-hybridized carbons (Fsp3) is 0.167. The van der Waals surface area contributed by atoms with Gasteiger partial charge >= 0.3 is 0 Å². The predicted molar refractivity (Wildman–Crippen MR) is 109 cm³/mol. The minimum atomic E-state index is -0.489. The van der Waals surface area contributed by atoms with Crippen molar-refractivity contribution in [2.24, 2.45) is 0 Å². The molecule has 0 radical (unpaired) electrons. The molecule has 1 atom stereocenters. The number of hydrogen-bond donors (Lipinski definition) is 5. The van der Waals surface area contributed by atoms with Gasteiger partial charge in [0, 0.05) is 31.5 Å². The molecule has 0 aliphatic carbocycles. The van der Waals surface area contributed by atoms with E-state index < -0.39 is 11.9 Å². The lowest BCUT2D eigenvalue weighted by Crippen LogP contribution is -2.27. The summed E-state index contributed by atoms with van der Waals surface area (Å²) in [6, 6.07) is 4.28. The molecule has 0 aliphatic rings. The fourth-order valence-corrected chi connectivity index (χ4v) is 2.71. The Labute approximate surface area is 175 Å². The van der Waals surface area contributed by atoms with Crippen LogP contribution in [0, 0.1) is 5.41 Å². The Morgan fingerprint density at radius 2 is 2.13 bits per heavy atom. The molecular formula is C18H18N10O3. The Bertz CT molecular complexity index is 1200. The summed E-state index contributed by atoms with van der Waals surface area (Å²) in [5.74, 6) is 1.82. The highest BCUT2D eigenvalue weighted by molar-refractivity contribution is 5.93. The van der Waals surface area contributed by atoms with E-state index in [4.69, 9.17) is 14.5 Å². The molecule has 0 bridgehead atoms. The topological polar surface area (TPSA) is 184 Å². The van der Waals surface area contributed by atoms with Gasteiger partial charge in [-0.1, -0.05) is 10.3 Å². The van der Waals surface area contributed by atoms with Gasteiger partial charge < -0.3 is 35.4 Å². The average Bonchev–Trinajstić information content (AvgIpc) is 3.53. The first-order valence-corrected chi connectivity index (χ1v) is 9.13. The zero-order chi connectivity index (χ0) is 21.8. The van der Waals surface area contributed by atoms with Crippen molar-refractivity contribution in [2.75, 3.05) is 17.7 Å². The van der Waals surface area contributed by atoms with Crippen molar-refractivity contribution in [3.8, 4) is 11.5 Å². The molecule has 0 aliphatic heterocycles. The number of carbonyl (C=O) groups is 1. The van der Waals surface area contributed by atoms with Crippen molar-refractivity contribution in [1.82, 2.24) is 35.6 Å². The van der Waals surface area contributed by atoms with Gasteiger partial charge in [0.25, 0.3) is 5.91 Å². The van der Waals surface area contributed by atoms with Crippen LogP contribution in [-0.4, -0.2) is 49.4 Å². The summed E-state index contributed by atoms with van der Waals surface area (Å²) in [4.78, 5) is 28.0. The Kier molecular flexibility index (Phi) is 5.38. The average molecular weight is 422 g/mol. The van der Waals surface area contributed by atoms with Gasteiger partial charge in [-0.3, -0.25) is 4.79 Å². The number of amides is 1. The van der Waals surface area contributed by atoms with Gasteiger partial charge in [-0.2, -0.15) is 0 Å². The molecule has 1 amide bonds. The van der Waals surface area contributed by atoms with E-state index in [1.54, 1.807) is 26.1 Å². The van der Waals surface area contributed by atoms with Gasteiger partial charge in [0.05, 0.1) is 6.04 Å². The molecule has 0 fully saturated rings. The molecule has 4 heterocycles. The third-order valence-electron chi connectivity index (χ3n) is 4.25. The number of hydrogen-bond acceptors (Lipinski definition) is 11. The van der Waals surface area contributed by atoms with Crippen molar-refractivity contribution in [3.63, 3.8) is 0 Å². The van der Waals surface area contributed by atoms with Crippen LogP contribution >= 0.6 is 0 Å². The molecule has 31 heavy (non-hydrogen) atoms. The van der Waals surface area contributed by atoms with E-state index in [0.29, 0.717) is 40.4 Å². The summed E-state index contributed by atoms with van der Waals surface area (Å²) in [6.07, 6.45) is 3.84. The van der Waals surface area contributed by atoms with Crippen molar-refractivity contribution in [2.45, 2.75) is 13.0 Å². The number of aromatic amines is 1. The summed E-state index contributed by atoms with van der Waals surface area (Å²) >= 11 is 0. The standard InChI is InChI=1S/C18H18N10O3/c1-9(13-5-10(27-31-13)17-24-12(7-19)16(20-2)26-17)23-18(29)11-6-15(22-8-21-11)25-14-3-4-30-28-14/h3-9,19-20H,1-2H3,(H,23,29)(H,24,26)(H,21,22,25,28)/t9-/m1/s1. The smallest absolute Gasteiger partial charge is 0.270 e. The summed E-state index contributed by atoms with van der Waals surface area (Å²) in [7, 11) is 1.71. The number of anilines is 3. The molecule has 13 heteroatoms. The third kappa shape index (κ3) is 4.24. The second kappa shape index (κ2) is 8.44. The number of nitrogens with one attached hydrogen (secondary N) is 5. The molecule has 0 saturated heterocycles. The molecule has 4 aromatic rings. The molecule has 0 unspecified atom stereocenters. The second-order valence-electron chi connectivity index (χ2n) is 6.35. The minimum Gasteiger partial charge on any atom is -0.371 e. The number of H-pyrrole nitrogens is 1. The van der Waals surface area contributed by atoms with Crippen LogP contribution < -0.4 is 16.0 Å². The fourth-order valence-electron chi connectivity index (χ4n) is 2.71. The number of carbonyl (C=O) groups excluding carboxylic acids is 1. The first kappa shape index (κ1) is 19.8. The highest BCUT2D eigenvalue weighted by Crippen LogP contribution is 2.23. The van der Waals surface area contributed by atoms with Crippen LogP contribution in [0.2, 0.25) is 0 Å². The second-order valence-corrected chi connectivity index (χ2v) is 6.35. The van der Waals surface area contributed by atoms with Gasteiger partial charge in [-0.05, 0) is 6.92 Å². The Morgan fingerprint density at radius 1 is 1.26 bits per heavy atom. The molecule has 0 aromatic carbocycles. The van der Waals surface area contributed by atoms with Crippen LogP contribution in [0.15, 0.2) is 39.8 Å².